The van der Waals surface area contributed by atoms with Crippen molar-refractivity contribution in [2.24, 2.45) is 5.92 Å². The minimum absolute atomic E-state index is 0.701. The Morgan fingerprint density at radius 3 is 3.00 bits per heavy atom. The average Bonchev–Trinajstić information content (AvgIpc) is 2.66. The number of likely N-dealkylation sites (N-methyl/N-ethyl adjacent to an activating group) is 1. The minimum atomic E-state index is 0.701. The van der Waals surface area contributed by atoms with Crippen molar-refractivity contribution in [1.29, 1.82) is 0 Å². The molecule has 1 aromatic heterocycles. The Balaban J connectivity index is 1.56. The molecule has 4 nitrogen and oxygen atoms in total. The zero-order chi connectivity index (χ0) is 13.5. The Hall–Kier alpha value is -1.39. The molecular weight excluding hydrogens is 248 g/mol. The van der Waals surface area contributed by atoms with Crippen LogP contribution in [0.15, 0.2) is 24.3 Å². The minimum Gasteiger partial charge on any atom is -0.341 e. The molecule has 3 fully saturated rings. The number of imidazole rings is 1. The van der Waals surface area contributed by atoms with Gasteiger partial charge in [-0.3, -0.25) is 4.90 Å². The molecule has 4 heterocycles. The summed E-state index contributed by atoms with van der Waals surface area (Å²) in [4.78, 5) is 13.3. The standard InChI is InChI=1S/C16H22N4/c1-19-8-12-6-7-13(10-19)20(9-12)11-16-17-14-4-2-3-5-15(14)18-16/h2-5,12-13H,6-11H2,1H3,(H,17,18)/t12-,13+/m0/s1. The molecule has 3 aliphatic rings. The van der Waals surface area contributed by atoms with E-state index in [0.29, 0.717) is 6.04 Å². The molecule has 4 heteroatoms. The molecule has 0 amide bonds. The van der Waals surface area contributed by atoms with Crippen LogP contribution < -0.4 is 0 Å². The van der Waals surface area contributed by atoms with E-state index in [4.69, 9.17) is 4.98 Å². The predicted octanol–water partition coefficient (Wildman–Crippen LogP) is 2.09. The third kappa shape index (κ3) is 2.23. The van der Waals surface area contributed by atoms with Gasteiger partial charge in [-0.2, -0.15) is 0 Å². The van der Waals surface area contributed by atoms with E-state index < -0.39 is 0 Å². The molecule has 1 N–H and O–H groups in total. The molecule has 0 unspecified atom stereocenters. The van der Waals surface area contributed by atoms with E-state index in [1.165, 1.54) is 32.5 Å². The van der Waals surface area contributed by atoms with Crippen molar-refractivity contribution >= 4 is 11.0 Å². The Morgan fingerprint density at radius 1 is 1.20 bits per heavy atom. The van der Waals surface area contributed by atoms with Crippen molar-refractivity contribution < 1.29 is 0 Å². The average molecular weight is 270 g/mol. The van der Waals surface area contributed by atoms with Crippen LogP contribution >= 0.6 is 0 Å². The Bertz CT molecular complexity index is 572. The number of hydrogen-bond donors (Lipinski definition) is 1. The summed E-state index contributed by atoms with van der Waals surface area (Å²) in [7, 11) is 2.26. The molecule has 0 radical (unpaired) electrons. The van der Waals surface area contributed by atoms with E-state index in [1.807, 2.05) is 0 Å². The van der Waals surface area contributed by atoms with Gasteiger partial charge in [0.2, 0.25) is 0 Å². The second-order valence-corrected chi connectivity index (χ2v) is 6.45. The van der Waals surface area contributed by atoms with Crippen LogP contribution in [-0.4, -0.2) is 52.5 Å². The van der Waals surface area contributed by atoms with E-state index in [2.05, 4.69) is 46.1 Å². The monoisotopic (exact) mass is 270 g/mol. The van der Waals surface area contributed by atoms with E-state index >= 15 is 0 Å². The van der Waals surface area contributed by atoms with Gasteiger partial charge in [-0.25, -0.2) is 4.98 Å². The molecule has 0 saturated carbocycles. The molecule has 20 heavy (non-hydrogen) atoms. The van der Waals surface area contributed by atoms with Crippen LogP contribution in [0.4, 0.5) is 0 Å². The van der Waals surface area contributed by atoms with Gasteiger partial charge >= 0.3 is 0 Å². The fourth-order valence-electron chi connectivity index (χ4n) is 3.88. The maximum absolute atomic E-state index is 4.73. The third-order valence-electron chi connectivity index (χ3n) is 4.80. The van der Waals surface area contributed by atoms with Crippen LogP contribution in [0, 0.1) is 5.92 Å². The third-order valence-corrected chi connectivity index (χ3v) is 4.80. The molecular formula is C16H22N4. The summed E-state index contributed by atoms with van der Waals surface area (Å²) in [5, 5.41) is 0. The molecule has 106 valence electrons. The van der Waals surface area contributed by atoms with Gasteiger partial charge in [0.25, 0.3) is 0 Å². The summed E-state index contributed by atoms with van der Waals surface area (Å²) < 4.78 is 0. The normalized spacial score (nSPS) is 28.1. The highest BCUT2D eigenvalue weighted by atomic mass is 15.3. The molecule has 2 atom stereocenters. The van der Waals surface area contributed by atoms with E-state index in [0.717, 1.165) is 29.3 Å². The number of rotatable bonds is 2. The number of nitrogens with one attached hydrogen (secondary N) is 1. The van der Waals surface area contributed by atoms with Crippen LogP contribution in [0.1, 0.15) is 18.7 Å². The summed E-state index contributed by atoms with van der Waals surface area (Å²) in [6.07, 6.45) is 2.74. The number of H-pyrrole nitrogens is 1. The van der Waals surface area contributed by atoms with Crippen LogP contribution in [0.5, 0.6) is 0 Å². The lowest BCUT2D eigenvalue weighted by Gasteiger charge is -2.35. The van der Waals surface area contributed by atoms with Crippen molar-refractivity contribution in [1.82, 2.24) is 19.8 Å². The second kappa shape index (κ2) is 4.86. The Kier molecular flexibility index (Phi) is 3.00. The van der Waals surface area contributed by atoms with Crippen molar-refractivity contribution in [2.45, 2.75) is 25.4 Å². The fourth-order valence-corrected chi connectivity index (χ4v) is 3.88. The highest BCUT2D eigenvalue weighted by molar-refractivity contribution is 5.74. The summed E-state index contributed by atoms with van der Waals surface area (Å²) in [5.74, 6) is 1.95. The van der Waals surface area contributed by atoms with Gasteiger partial charge in [0.1, 0.15) is 5.82 Å². The van der Waals surface area contributed by atoms with Gasteiger partial charge in [0.05, 0.1) is 17.6 Å². The molecule has 1 aromatic carbocycles. The van der Waals surface area contributed by atoms with Gasteiger partial charge in [-0.15, -0.1) is 0 Å². The summed E-state index contributed by atoms with van der Waals surface area (Å²) in [6, 6.07) is 9.00. The van der Waals surface area contributed by atoms with Gasteiger partial charge in [-0.1, -0.05) is 12.1 Å². The number of nitrogens with zero attached hydrogens (tertiary/aromatic N) is 3. The SMILES string of the molecule is CN1C[C@@H]2CC[C@H](C1)N(Cc1nc3ccccc3[nH]1)C2. The van der Waals surface area contributed by atoms with Crippen molar-refractivity contribution in [3.8, 4) is 0 Å². The first-order chi connectivity index (χ1) is 9.78. The second-order valence-electron chi connectivity index (χ2n) is 6.45. The number of aromatic amines is 1. The van der Waals surface area contributed by atoms with Crippen LogP contribution in [-0.2, 0) is 6.54 Å². The first kappa shape index (κ1) is 12.4. The van der Waals surface area contributed by atoms with E-state index in [9.17, 15) is 0 Å². The Morgan fingerprint density at radius 2 is 2.10 bits per heavy atom. The lowest BCUT2D eigenvalue weighted by Crippen LogP contribution is -2.43. The molecule has 3 aliphatic heterocycles. The van der Waals surface area contributed by atoms with E-state index in [-0.39, 0.29) is 0 Å². The van der Waals surface area contributed by atoms with Crippen LogP contribution in [0.3, 0.4) is 0 Å². The van der Waals surface area contributed by atoms with Gasteiger partial charge in [0.15, 0.2) is 0 Å². The number of fused-ring (bicyclic) bond motifs is 5. The molecule has 5 rings (SSSR count). The smallest absolute Gasteiger partial charge is 0.121 e. The lowest BCUT2D eigenvalue weighted by molar-refractivity contribution is 0.121. The number of aromatic nitrogens is 2. The summed E-state index contributed by atoms with van der Waals surface area (Å²) in [5.41, 5.74) is 2.24. The molecule has 0 spiro atoms. The highest BCUT2D eigenvalue weighted by Gasteiger charge is 2.33. The number of para-hydroxylation sites is 2. The summed E-state index contributed by atoms with van der Waals surface area (Å²) in [6.45, 7) is 4.65. The maximum Gasteiger partial charge on any atom is 0.121 e. The molecule has 0 aliphatic carbocycles. The maximum atomic E-state index is 4.73. The van der Waals surface area contributed by atoms with Crippen LogP contribution in [0.25, 0.3) is 11.0 Å². The van der Waals surface area contributed by atoms with Crippen molar-refractivity contribution in [2.75, 3.05) is 26.7 Å². The number of hydrogen-bond acceptors (Lipinski definition) is 3. The van der Waals surface area contributed by atoms with Gasteiger partial charge in [0, 0.05) is 25.7 Å². The summed E-state index contributed by atoms with van der Waals surface area (Å²) >= 11 is 0. The topological polar surface area (TPSA) is 35.2 Å². The largest absolute Gasteiger partial charge is 0.341 e. The predicted molar refractivity (Wildman–Crippen MR) is 80.5 cm³/mol. The quantitative estimate of drug-likeness (QED) is 0.907. The van der Waals surface area contributed by atoms with E-state index in [1.54, 1.807) is 0 Å². The first-order valence-corrected chi connectivity index (χ1v) is 7.64. The Labute approximate surface area is 119 Å². The van der Waals surface area contributed by atoms with Crippen molar-refractivity contribution in [3.63, 3.8) is 0 Å². The zero-order valence-corrected chi connectivity index (χ0v) is 12.0. The van der Waals surface area contributed by atoms with Crippen LogP contribution in [0.2, 0.25) is 0 Å². The molecule has 2 bridgehead atoms. The van der Waals surface area contributed by atoms with Gasteiger partial charge < -0.3 is 9.88 Å². The number of benzene rings is 1. The molecule has 3 saturated heterocycles. The van der Waals surface area contributed by atoms with Crippen molar-refractivity contribution in [3.05, 3.63) is 30.1 Å². The number of piperidine rings is 1. The molecule has 2 aromatic rings. The fraction of sp³-hybridized carbons (Fsp3) is 0.562. The highest BCUT2D eigenvalue weighted by Crippen LogP contribution is 2.28. The zero-order valence-electron chi connectivity index (χ0n) is 12.0. The van der Waals surface area contributed by atoms with Gasteiger partial charge in [-0.05, 0) is 37.9 Å². The first-order valence-electron chi connectivity index (χ1n) is 7.64. The lowest BCUT2D eigenvalue weighted by atomic mass is 9.95.